The minimum Gasteiger partial charge on any atom is -0.368 e. The molecular formula is C54H100O6. The molecule has 6 nitrogen and oxygen atoms in total. The number of aliphatic hydroxyl groups is 3. The first kappa shape index (κ1) is 58.5. The molecule has 4 unspecified atom stereocenters. The van der Waals surface area contributed by atoms with Crippen LogP contribution in [0.3, 0.4) is 0 Å². The normalized spacial score (nSPS) is 14.6. The molecule has 0 saturated heterocycles. The highest BCUT2D eigenvalue weighted by molar-refractivity contribution is 4.97. The minimum atomic E-state index is -0.928. The lowest BCUT2D eigenvalue weighted by Crippen LogP contribution is -2.34. The van der Waals surface area contributed by atoms with Crippen molar-refractivity contribution in [1.82, 2.24) is 0 Å². The predicted molar refractivity (Wildman–Crippen MR) is 259 cm³/mol. The molecule has 6 heteroatoms. The van der Waals surface area contributed by atoms with E-state index in [4.69, 9.17) is 14.2 Å². The Morgan fingerprint density at radius 3 is 1.05 bits per heavy atom. The second-order valence-corrected chi connectivity index (χ2v) is 17.1. The van der Waals surface area contributed by atoms with E-state index in [1.165, 1.54) is 116 Å². The van der Waals surface area contributed by atoms with Crippen LogP contribution >= 0.6 is 0 Å². The maximum atomic E-state index is 10.7. The lowest BCUT2D eigenvalue weighted by molar-refractivity contribution is -0.212. The Morgan fingerprint density at radius 1 is 0.333 bits per heavy atom. The first-order chi connectivity index (χ1) is 29.5. The molecule has 0 spiro atoms. The van der Waals surface area contributed by atoms with Crippen molar-refractivity contribution in [3.05, 3.63) is 60.8 Å². The van der Waals surface area contributed by atoms with E-state index < -0.39 is 25.0 Å². The lowest BCUT2D eigenvalue weighted by atomic mass is 10.0. The van der Waals surface area contributed by atoms with Crippen molar-refractivity contribution in [2.45, 2.75) is 270 Å². The van der Waals surface area contributed by atoms with Crippen LogP contribution in [0.25, 0.3) is 0 Å². The van der Waals surface area contributed by atoms with Crippen LogP contribution in [0, 0.1) is 0 Å². The highest BCUT2D eigenvalue weighted by atomic mass is 16.7. The van der Waals surface area contributed by atoms with Gasteiger partial charge < -0.3 is 29.5 Å². The second-order valence-electron chi connectivity index (χ2n) is 17.1. The summed E-state index contributed by atoms with van der Waals surface area (Å²) in [5.74, 6) is 0. The Labute approximate surface area is 372 Å². The fraction of sp³-hybridized carbons (Fsp3) is 0.815. The zero-order valence-corrected chi connectivity index (χ0v) is 39.8. The lowest BCUT2D eigenvalue weighted by Gasteiger charge is -2.24. The van der Waals surface area contributed by atoms with Crippen LogP contribution in [-0.4, -0.2) is 53.5 Å². The zero-order valence-electron chi connectivity index (χ0n) is 39.8. The van der Waals surface area contributed by atoms with Crippen molar-refractivity contribution < 1.29 is 29.5 Å². The van der Waals surface area contributed by atoms with Gasteiger partial charge >= 0.3 is 0 Å². The van der Waals surface area contributed by atoms with Gasteiger partial charge in [0, 0.05) is 0 Å². The molecule has 0 aliphatic carbocycles. The summed E-state index contributed by atoms with van der Waals surface area (Å²) in [5, 5.41) is 31.9. The Kier molecular flexibility index (Phi) is 48.8. The third kappa shape index (κ3) is 47.5. The van der Waals surface area contributed by atoms with E-state index in [9.17, 15) is 15.3 Å². The molecule has 4 atom stereocenters. The van der Waals surface area contributed by atoms with E-state index in [1.54, 1.807) is 0 Å². The highest BCUT2D eigenvalue weighted by Crippen LogP contribution is 2.16. The SMILES string of the molecule is CC/C=C\C/C=C\C/C=C\CCCCCCCC(O)OC(COC(O)CCCCCCC/C=C\C/C=C\CCCC)COC(O)CCCCCCCCCCCCCCC. The molecular weight excluding hydrogens is 745 g/mol. The molecule has 0 aromatic carbocycles. The molecule has 0 aromatic heterocycles. The number of hydrogen-bond acceptors (Lipinski definition) is 6. The summed E-state index contributed by atoms with van der Waals surface area (Å²) in [6.45, 7) is 6.89. The summed E-state index contributed by atoms with van der Waals surface area (Å²) in [5.41, 5.74) is 0. The molecule has 0 aliphatic rings. The largest absolute Gasteiger partial charge is 0.368 e. The van der Waals surface area contributed by atoms with Crippen molar-refractivity contribution in [1.29, 1.82) is 0 Å². The van der Waals surface area contributed by atoms with Crippen molar-refractivity contribution in [2.24, 2.45) is 0 Å². The van der Waals surface area contributed by atoms with Crippen LogP contribution in [0.15, 0.2) is 60.8 Å². The summed E-state index contributed by atoms with van der Waals surface area (Å²) in [6.07, 6.45) is 58.9. The van der Waals surface area contributed by atoms with Gasteiger partial charge in [-0.15, -0.1) is 0 Å². The van der Waals surface area contributed by atoms with E-state index in [0.717, 1.165) is 89.9 Å². The average molecular weight is 845 g/mol. The molecule has 0 rings (SSSR count). The number of allylic oxidation sites excluding steroid dienone is 10. The van der Waals surface area contributed by atoms with E-state index in [0.29, 0.717) is 19.3 Å². The fourth-order valence-electron chi connectivity index (χ4n) is 7.24. The van der Waals surface area contributed by atoms with Gasteiger partial charge in [0.25, 0.3) is 0 Å². The molecule has 0 fully saturated rings. The summed E-state index contributed by atoms with van der Waals surface area (Å²) < 4.78 is 17.6. The molecule has 3 N–H and O–H groups in total. The van der Waals surface area contributed by atoms with E-state index in [-0.39, 0.29) is 13.2 Å². The summed E-state index contributed by atoms with van der Waals surface area (Å²) in [6, 6.07) is 0. The third-order valence-electron chi connectivity index (χ3n) is 11.1. The van der Waals surface area contributed by atoms with Gasteiger partial charge in [-0.2, -0.15) is 0 Å². The second kappa shape index (κ2) is 50.1. The van der Waals surface area contributed by atoms with E-state index in [1.807, 2.05) is 0 Å². The standard InChI is InChI=1S/C54H100O6/c1-4-7-10-13-16-19-22-25-27-30-33-36-39-42-45-48-54(57)60-51(49-58-52(55)46-43-40-37-34-31-28-24-21-18-15-12-9-6-3)50-59-53(56)47-44-41-38-35-32-29-26-23-20-17-14-11-8-5-2/h7,10,14,16-17,19,23,25-27,51-57H,4-6,8-9,11-13,15,18,20-22,24,28-50H2,1-3H3/b10-7-,17-14-,19-16-,26-23-,27-25-. The third-order valence-corrected chi connectivity index (χ3v) is 11.1. The maximum absolute atomic E-state index is 10.7. The maximum Gasteiger partial charge on any atom is 0.155 e. The highest BCUT2D eigenvalue weighted by Gasteiger charge is 2.19. The molecule has 0 heterocycles. The molecule has 0 aliphatic heterocycles. The number of aliphatic hydroxyl groups excluding tert-OH is 3. The minimum absolute atomic E-state index is 0.114. The molecule has 0 bridgehead atoms. The zero-order chi connectivity index (χ0) is 43.7. The van der Waals surface area contributed by atoms with Gasteiger partial charge in [0.2, 0.25) is 0 Å². The monoisotopic (exact) mass is 845 g/mol. The summed E-state index contributed by atoms with van der Waals surface area (Å²) in [4.78, 5) is 0. The molecule has 0 saturated carbocycles. The molecule has 60 heavy (non-hydrogen) atoms. The van der Waals surface area contributed by atoms with Crippen LogP contribution in [0.2, 0.25) is 0 Å². The van der Waals surface area contributed by atoms with Gasteiger partial charge in [-0.05, 0) is 96.3 Å². The predicted octanol–water partition coefficient (Wildman–Crippen LogP) is 15.9. The van der Waals surface area contributed by atoms with Gasteiger partial charge in [0.05, 0.1) is 13.2 Å². The van der Waals surface area contributed by atoms with Crippen molar-refractivity contribution in [2.75, 3.05) is 13.2 Å². The van der Waals surface area contributed by atoms with Gasteiger partial charge in [0.15, 0.2) is 18.9 Å². The Balaban J connectivity index is 4.41. The van der Waals surface area contributed by atoms with Gasteiger partial charge in [0.1, 0.15) is 6.10 Å². The average Bonchev–Trinajstić information content (AvgIpc) is 3.24. The first-order valence-corrected chi connectivity index (χ1v) is 25.7. The van der Waals surface area contributed by atoms with Crippen LogP contribution in [0.5, 0.6) is 0 Å². The van der Waals surface area contributed by atoms with Crippen molar-refractivity contribution in [3.8, 4) is 0 Å². The van der Waals surface area contributed by atoms with Crippen LogP contribution in [0.1, 0.15) is 245 Å². The number of ether oxygens (including phenoxy) is 3. The number of rotatable bonds is 48. The Morgan fingerprint density at radius 2 is 0.650 bits per heavy atom. The molecule has 0 amide bonds. The van der Waals surface area contributed by atoms with E-state index in [2.05, 4.69) is 81.5 Å². The van der Waals surface area contributed by atoms with Gasteiger partial charge in [-0.1, -0.05) is 210 Å². The first-order valence-electron chi connectivity index (χ1n) is 25.7. The van der Waals surface area contributed by atoms with Gasteiger partial charge in [-0.25, -0.2) is 0 Å². The quantitative estimate of drug-likeness (QED) is 0.0321. The Hall–Kier alpha value is -1.54. The molecule has 0 radical (unpaired) electrons. The Bertz CT molecular complexity index is 973. The van der Waals surface area contributed by atoms with Crippen LogP contribution in [0.4, 0.5) is 0 Å². The molecule has 352 valence electrons. The fourth-order valence-corrected chi connectivity index (χ4v) is 7.24. The van der Waals surface area contributed by atoms with Crippen LogP contribution in [-0.2, 0) is 14.2 Å². The summed E-state index contributed by atoms with van der Waals surface area (Å²) in [7, 11) is 0. The number of hydrogen-bond donors (Lipinski definition) is 3. The smallest absolute Gasteiger partial charge is 0.155 e. The van der Waals surface area contributed by atoms with Crippen LogP contribution < -0.4 is 0 Å². The van der Waals surface area contributed by atoms with Crippen molar-refractivity contribution in [3.63, 3.8) is 0 Å². The molecule has 0 aromatic rings. The van der Waals surface area contributed by atoms with Gasteiger partial charge in [-0.3, -0.25) is 0 Å². The van der Waals surface area contributed by atoms with Crippen molar-refractivity contribution >= 4 is 0 Å². The summed E-state index contributed by atoms with van der Waals surface area (Å²) >= 11 is 0. The number of unbranched alkanes of at least 4 members (excludes halogenated alkanes) is 24. The topological polar surface area (TPSA) is 88.4 Å². The van der Waals surface area contributed by atoms with E-state index >= 15 is 0 Å².